The summed E-state index contributed by atoms with van der Waals surface area (Å²) in [5.74, 6) is 1.38. The van der Waals surface area contributed by atoms with Crippen LogP contribution in [0.25, 0.3) is 31.1 Å². The zero-order valence-corrected chi connectivity index (χ0v) is 28.2. The fourth-order valence-electron chi connectivity index (χ4n) is 7.78. The molecule has 9 nitrogen and oxygen atoms in total. The Morgan fingerprint density at radius 1 is 1.04 bits per heavy atom. The van der Waals surface area contributed by atoms with E-state index < -0.39 is 0 Å². The highest BCUT2D eigenvalue weighted by Crippen LogP contribution is 2.51. The van der Waals surface area contributed by atoms with Crippen molar-refractivity contribution in [1.82, 2.24) is 25.1 Å². The van der Waals surface area contributed by atoms with Gasteiger partial charge in [-0.2, -0.15) is 5.10 Å². The van der Waals surface area contributed by atoms with Crippen LogP contribution in [-0.2, 0) is 19.3 Å². The SMILES string of the molecule is COc1cccc2c1CCC2Nc1nccc2cc(-c3c4c(nc(CCc5ccc(F)cc5)c3-c3n[nH]c(=O)s3)C3CCCN3C4=O)sc12. The molecule has 6 heterocycles. The molecule has 2 unspecified atom stereocenters. The van der Waals surface area contributed by atoms with Crippen LogP contribution in [0.15, 0.2) is 65.6 Å². The Kier molecular flexibility index (Phi) is 7.31. The average molecular weight is 691 g/mol. The van der Waals surface area contributed by atoms with Gasteiger partial charge in [0.2, 0.25) is 0 Å². The highest BCUT2D eigenvalue weighted by Gasteiger charge is 2.44. The molecule has 4 aromatic heterocycles. The third-order valence-electron chi connectivity index (χ3n) is 10.00. The molecule has 3 aliphatic rings. The summed E-state index contributed by atoms with van der Waals surface area (Å²) in [5, 5.41) is 12.2. The maximum atomic E-state index is 14.2. The summed E-state index contributed by atoms with van der Waals surface area (Å²) in [6, 6.07) is 16.8. The van der Waals surface area contributed by atoms with Gasteiger partial charge in [-0.25, -0.2) is 14.5 Å². The summed E-state index contributed by atoms with van der Waals surface area (Å²) in [7, 11) is 1.71. The molecule has 1 saturated heterocycles. The Morgan fingerprint density at radius 3 is 2.73 bits per heavy atom. The summed E-state index contributed by atoms with van der Waals surface area (Å²) < 4.78 is 20.3. The van der Waals surface area contributed by atoms with E-state index in [1.807, 2.05) is 29.3 Å². The average Bonchev–Trinajstić information content (AvgIpc) is 3.95. The van der Waals surface area contributed by atoms with Crippen LogP contribution in [0.4, 0.5) is 10.2 Å². The van der Waals surface area contributed by atoms with Crippen LogP contribution in [-0.4, -0.2) is 44.6 Å². The molecule has 0 bridgehead atoms. The molecule has 12 heteroatoms. The summed E-state index contributed by atoms with van der Waals surface area (Å²) in [6.45, 7) is 0.688. The highest BCUT2D eigenvalue weighted by atomic mass is 32.1. The van der Waals surface area contributed by atoms with Crippen molar-refractivity contribution in [2.24, 2.45) is 0 Å². The minimum atomic E-state index is -0.284. The number of halogens is 1. The number of pyridine rings is 2. The van der Waals surface area contributed by atoms with Gasteiger partial charge in [-0.15, -0.1) is 11.3 Å². The molecule has 9 rings (SSSR count). The van der Waals surface area contributed by atoms with Crippen LogP contribution >= 0.6 is 22.7 Å². The molecule has 1 aliphatic carbocycles. The van der Waals surface area contributed by atoms with E-state index in [0.717, 1.165) is 86.1 Å². The Morgan fingerprint density at radius 2 is 1.92 bits per heavy atom. The van der Waals surface area contributed by atoms with Gasteiger partial charge in [0.1, 0.15) is 17.4 Å². The van der Waals surface area contributed by atoms with Gasteiger partial charge in [-0.3, -0.25) is 14.6 Å². The molecule has 49 heavy (non-hydrogen) atoms. The van der Waals surface area contributed by atoms with Crippen LogP contribution in [0.5, 0.6) is 5.75 Å². The van der Waals surface area contributed by atoms with Crippen molar-refractivity contribution in [3.05, 3.63) is 110 Å². The first-order valence-corrected chi connectivity index (χ1v) is 18.1. The third-order valence-corrected chi connectivity index (χ3v) is 11.9. The second-order valence-corrected chi connectivity index (χ2v) is 14.7. The third kappa shape index (κ3) is 5.04. The minimum Gasteiger partial charge on any atom is -0.496 e. The van der Waals surface area contributed by atoms with Crippen molar-refractivity contribution in [1.29, 1.82) is 0 Å². The molecule has 2 aromatic carbocycles. The number of rotatable bonds is 8. The number of aromatic nitrogens is 4. The van der Waals surface area contributed by atoms with E-state index in [4.69, 9.17) is 14.7 Å². The van der Waals surface area contributed by atoms with Gasteiger partial charge < -0.3 is 15.0 Å². The van der Waals surface area contributed by atoms with Crippen LogP contribution < -0.4 is 14.9 Å². The largest absolute Gasteiger partial charge is 0.496 e. The lowest BCUT2D eigenvalue weighted by Gasteiger charge is -2.17. The maximum absolute atomic E-state index is 14.2. The number of amides is 1. The standard InChI is InChI=1S/C37H31FN6O3S2/c1-47-27-6-2-4-22-23(27)12-14-24(22)41-34-33-20(15-16-39-34)18-28(48-33)30-29(35-42-43-37(46)49-35)25(13-9-19-7-10-21(38)11-8-19)40-32-26-5-3-17-44(26)36(45)31(30)32/h2,4,6-8,10-11,15-16,18,24,26H,3,5,9,12-14,17H2,1H3,(H,39,41)(H,43,46). The van der Waals surface area contributed by atoms with Gasteiger partial charge in [0.05, 0.1) is 40.8 Å². The summed E-state index contributed by atoms with van der Waals surface area (Å²) in [6.07, 6.45) is 6.58. The highest BCUT2D eigenvalue weighted by molar-refractivity contribution is 7.23. The van der Waals surface area contributed by atoms with Crippen LogP contribution in [0, 0.1) is 5.82 Å². The lowest BCUT2D eigenvalue weighted by Crippen LogP contribution is -2.22. The van der Waals surface area contributed by atoms with Gasteiger partial charge >= 0.3 is 4.87 Å². The molecule has 2 atom stereocenters. The second kappa shape index (κ2) is 11.9. The lowest BCUT2D eigenvalue weighted by molar-refractivity contribution is 0.0776. The number of aromatic amines is 1. The minimum absolute atomic E-state index is 0.0281. The number of anilines is 1. The monoisotopic (exact) mass is 690 g/mol. The van der Waals surface area contributed by atoms with Crippen molar-refractivity contribution in [2.45, 2.75) is 50.6 Å². The Labute approximate surface area is 288 Å². The number of nitrogens with zero attached hydrogens (tertiary/aromatic N) is 4. The molecule has 0 spiro atoms. The van der Waals surface area contributed by atoms with Gasteiger partial charge in [-0.1, -0.05) is 35.6 Å². The first-order valence-electron chi connectivity index (χ1n) is 16.5. The van der Waals surface area contributed by atoms with Gasteiger partial charge in [0.25, 0.3) is 5.91 Å². The normalized spacial score (nSPS) is 17.8. The number of fused-ring (bicyclic) bond motifs is 5. The maximum Gasteiger partial charge on any atom is 0.322 e. The van der Waals surface area contributed by atoms with Crippen molar-refractivity contribution in [3.8, 4) is 26.8 Å². The van der Waals surface area contributed by atoms with Gasteiger partial charge in [0, 0.05) is 28.7 Å². The van der Waals surface area contributed by atoms with Crippen LogP contribution in [0.2, 0.25) is 0 Å². The molecule has 246 valence electrons. The number of hydrogen-bond acceptors (Lipinski definition) is 9. The first kappa shape index (κ1) is 30.1. The zero-order valence-electron chi connectivity index (χ0n) is 26.6. The van der Waals surface area contributed by atoms with E-state index in [-0.39, 0.29) is 28.7 Å². The number of nitrogens with one attached hydrogen (secondary N) is 2. The molecule has 2 aliphatic heterocycles. The smallest absolute Gasteiger partial charge is 0.322 e. The number of aryl methyl sites for hydroxylation is 2. The molecule has 0 radical (unpaired) electrons. The number of benzene rings is 2. The molecular formula is C37H31FN6O3S2. The van der Waals surface area contributed by atoms with Crippen molar-refractivity contribution >= 4 is 44.5 Å². The van der Waals surface area contributed by atoms with E-state index in [9.17, 15) is 14.0 Å². The predicted octanol–water partition coefficient (Wildman–Crippen LogP) is 7.49. The fourth-order valence-corrected chi connectivity index (χ4v) is 9.62. The lowest BCUT2D eigenvalue weighted by atomic mass is 9.93. The van der Waals surface area contributed by atoms with Crippen molar-refractivity contribution in [3.63, 3.8) is 0 Å². The zero-order chi connectivity index (χ0) is 33.2. The fraction of sp³-hybridized carbons (Fsp3) is 0.270. The number of thiophene rings is 1. The summed E-state index contributed by atoms with van der Waals surface area (Å²) in [4.78, 5) is 39.3. The number of H-pyrrole nitrogens is 1. The molecule has 1 fully saturated rings. The van der Waals surface area contributed by atoms with Crippen molar-refractivity contribution < 1.29 is 13.9 Å². The van der Waals surface area contributed by atoms with Crippen LogP contribution in [0.3, 0.4) is 0 Å². The molecular weight excluding hydrogens is 660 g/mol. The van der Waals surface area contributed by atoms with Crippen LogP contribution in [0.1, 0.15) is 69.8 Å². The van der Waals surface area contributed by atoms with E-state index in [2.05, 4.69) is 27.6 Å². The summed E-state index contributed by atoms with van der Waals surface area (Å²) >= 11 is 2.60. The Balaban J connectivity index is 1.20. The first-order chi connectivity index (χ1) is 24.0. The number of carbonyl (C=O) groups excluding carboxylic acids is 1. The number of carbonyl (C=O) groups is 1. The molecule has 6 aromatic rings. The van der Waals surface area contributed by atoms with Crippen molar-refractivity contribution in [2.75, 3.05) is 19.0 Å². The number of methoxy groups -OCH3 is 1. The van der Waals surface area contributed by atoms with E-state index >= 15 is 0 Å². The van der Waals surface area contributed by atoms with E-state index in [1.165, 1.54) is 23.3 Å². The number of ether oxygens (including phenoxy) is 1. The Hall–Kier alpha value is -4.94. The van der Waals surface area contributed by atoms with Gasteiger partial charge in [0.15, 0.2) is 5.01 Å². The topological polar surface area (TPSA) is 113 Å². The molecule has 1 amide bonds. The van der Waals surface area contributed by atoms with E-state index in [1.54, 1.807) is 30.6 Å². The summed E-state index contributed by atoms with van der Waals surface area (Å²) in [5.41, 5.74) is 7.04. The second-order valence-electron chi connectivity index (χ2n) is 12.7. The number of hydrogen-bond donors (Lipinski definition) is 2. The quantitative estimate of drug-likeness (QED) is 0.170. The van der Waals surface area contributed by atoms with Gasteiger partial charge in [-0.05, 0) is 90.9 Å². The van der Waals surface area contributed by atoms with E-state index in [0.29, 0.717) is 35.5 Å². The molecule has 2 N–H and O–H groups in total. The predicted molar refractivity (Wildman–Crippen MR) is 189 cm³/mol. The molecule has 0 saturated carbocycles. The Bertz CT molecular complexity index is 2330.